The number of rotatable bonds is 8. The zero-order valence-electron chi connectivity index (χ0n) is 55.4. The van der Waals surface area contributed by atoms with Crippen molar-refractivity contribution in [1.82, 2.24) is 0 Å². The van der Waals surface area contributed by atoms with E-state index in [1.54, 1.807) is 49.6 Å². The molecule has 0 spiro atoms. The Hall–Kier alpha value is -10.4. The second-order valence-electron chi connectivity index (χ2n) is 20.7. The molecule has 0 saturated carbocycles. The van der Waals surface area contributed by atoms with Crippen LogP contribution in [0.3, 0.4) is 0 Å². The maximum atomic E-state index is 10.4. The fourth-order valence-corrected chi connectivity index (χ4v) is 10.5. The average molecular weight is 1400 g/mol. The van der Waals surface area contributed by atoms with Crippen molar-refractivity contribution in [3.63, 3.8) is 0 Å². The predicted molar refractivity (Wildman–Crippen MR) is 382 cm³/mol. The minimum atomic E-state index is -0.933. The molecule has 12 rings (SSSR count). The molecule has 16 N–H and O–H groups in total. The number of fused-ring (bicyclic) bond motifs is 4. The molecule has 24 nitrogen and oxygen atoms in total. The lowest BCUT2D eigenvalue weighted by Crippen LogP contribution is -2.30. The Bertz CT molecular complexity index is 3840. The van der Waals surface area contributed by atoms with Gasteiger partial charge in [0.05, 0.1) is 52.9 Å². The van der Waals surface area contributed by atoms with Crippen LogP contribution in [-0.4, -0.2) is 135 Å². The number of hydrogen-bond donors (Lipinski definition) is 16. The molecule has 4 aliphatic rings. The van der Waals surface area contributed by atoms with E-state index in [-0.39, 0.29) is 136 Å². The summed E-state index contributed by atoms with van der Waals surface area (Å²) >= 11 is 0. The van der Waals surface area contributed by atoms with Crippen molar-refractivity contribution >= 4 is 0 Å². The maximum absolute atomic E-state index is 10.4. The van der Waals surface area contributed by atoms with E-state index in [1.165, 1.54) is 100 Å². The van der Waals surface area contributed by atoms with Gasteiger partial charge in [0.2, 0.25) is 0 Å². The summed E-state index contributed by atoms with van der Waals surface area (Å²) in [6.07, 6.45) is -5.62. The van der Waals surface area contributed by atoms with Gasteiger partial charge in [-0.25, -0.2) is 0 Å². The Labute approximate surface area is 586 Å². The molecule has 0 unspecified atom stereocenters. The SMILES string of the molecule is C.C.C.C.CC.CC.CC.CC.COc1cc([C@H]2Oc3cc(O)cc(O)c3C[C@H]2O)ccc1O.COc1ccc([C@H]2Oc3cc(O)cc(O)c3C[C@H]2O)cc1O.COc1ccc([C@H]2Oc3cc(O)cc(O)c3C[C@H]2O)cc1OC.Oc1cc(O)c2c(c1)O[C@H](c1ccc(O)c(O)c1)[C@H](O)C2. The van der Waals surface area contributed by atoms with Crippen LogP contribution in [-0.2, 0) is 25.7 Å². The van der Waals surface area contributed by atoms with Gasteiger partial charge < -0.3 is 120 Å². The Morgan fingerprint density at radius 1 is 0.260 bits per heavy atom. The van der Waals surface area contributed by atoms with Crippen molar-refractivity contribution in [2.75, 3.05) is 28.4 Å². The number of hydrogen-bond acceptors (Lipinski definition) is 24. The number of benzene rings is 8. The molecule has 24 heteroatoms. The number of aliphatic hydroxyl groups excluding tert-OH is 4. The van der Waals surface area contributed by atoms with E-state index in [0.717, 1.165) is 0 Å². The fourth-order valence-electron chi connectivity index (χ4n) is 10.5. The van der Waals surface area contributed by atoms with Crippen LogP contribution < -0.4 is 37.9 Å². The standard InChI is InChI=1S/C17H18O6.2C16H16O6.C15H14O6.4C2H6.4CH4/c1-21-14-4-3-9(5-16(14)22-2)17-13(20)8-11-12(19)6-10(18)7-15(11)23-17;1-21-14-3-2-8(4-12(14)19)16-13(20)7-10-11(18)5-9(17)6-15(10)22-16;1-21-15-4-8(2-3-11(15)18)16-13(20)7-10-12(19)5-9(17)6-14(10)22-16;16-8-4-11(18)9-6-13(20)15(21-14(9)5-8)7-1-2-10(17)12(19)3-7;4*1-2;;;;/h3-7,13,17-20H,8H2,1-2H3;2*2-6,13,16-20H,7H2,1H3;1-5,13,15-20H,6H2;4*1-2H3;4*1H4/t13-,17-;2*13-,16-;13-,15-;;;;;;;;/m1111......../s1. The summed E-state index contributed by atoms with van der Waals surface area (Å²) in [6, 6.07) is 29.1. The topological polar surface area (TPSA) is 398 Å². The Balaban J connectivity index is 0.000000636. The predicted octanol–water partition coefficient (Wildman–Crippen LogP) is 14.0. The third-order valence-electron chi connectivity index (χ3n) is 14.9. The second kappa shape index (κ2) is 40.5. The molecule has 8 aromatic rings. The van der Waals surface area contributed by atoms with E-state index in [0.29, 0.717) is 79.0 Å². The van der Waals surface area contributed by atoms with E-state index < -0.39 is 48.8 Å². The Kier molecular flexibility index (Phi) is 35.5. The molecule has 8 atom stereocenters. The summed E-state index contributed by atoms with van der Waals surface area (Å²) in [4.78, 5) is 0. The van der Waals surface area contributed by atoms with Crippen molar-refractivity contribution < 1.29 is 120 Å². The lowest BCUT2D eigenvalue weighted by molar-refractivity contribution is 0.0196. The highest BCUT2D eigenvalue weighted by molar-refractivity contribution is 5.56. The third-order valence-corrected chi connectivity index (χ3v) is 14.9. The maximum Gasteiger partial charge on any atom is 0.161 e. The summed E-state index contributed by atoms with van der Waals surface area (Å²) in [5.41, 5.74) is 4.17. The summed E-state index contributed by atoms with van der Waals surface area (Å²) < 4.78 is 43.3. The fraction of sp³-hybridized carbons (Fsp3) is 0.368. The quantitative estimate of drug-likeness (QED) is 0.0628. The van der Waals surface area contributed by atoms with Crippen LogP contribution in [0, 0.1) is 0 Å². The lowest BCUT2D eigenvalue weighted by Gasteiger charge is -2.31. The number of phenols is 12. The van der Waals surface area contributed by atoms with Gasteiger partial charge in [-0.3, -0.25) is 0 Å². The number of methoxy groups -OCH3 is 4. The lowest BCUT2D eigenvalue weighted by atomic mass is 9.94. The van der Waals surface area contributed by atoms with Gasteiger partial charge >= 0.3 is 0 Å². The highest BCUT2D eigenvalue weighted by atomic mass is 16.5. The molecule has 100 heavy (non-hydrogen) atoms. The van der Waals surface area contributed by atoms with Gasteiger partial charge in [0, 0.05) is 96.5 Å². The van der Waals surface area contributed by atoms with Gasteiger partial charge in [-0.1, -0.05) is 109 Å². The van der Waals surface area contributed by atoms with Gasteiger partial charge in [0.1, 0.15) is 93.4 Å². The van der Waals surface area contributed by atoms with Gasteiger partial charge in [-0.05, 0) is 70.8 Å². The minimum absolute atomic E-state index is 0. The van der Waals surface area contributed by atoms with Crippen molar-refractivity contribution in [1.29, 1.82) is 0 Å². The Morgan fingerprint density at radius 2 is 0.510 bits per heavy atom. The average Bonchev–Trinajstić information content (AvgIpc) is 0.817. The van der Waals surface area contributed by atoms with Crippen LogP contribution in [0.4, 0.5) is 0 Å². The molecular weight excluding hydrogens is 1300 g/mol. The zero-order chi connectivity index (χ0) is 71.4. The molecule has 0 aliphatic carbocycles. The summed E-state index contributed by atoms with van der Waals surface area (Å²) in [7, 11) is 5.96. The van der Waals surface area contributed by atoms with E-state index in [1.807, 2.05) is 55.4 Å². The Morgan fingerprint density at radius 3 is 0.790 bits per heavy atom. The largest absolute Gasteiger partial charge is 0.508 e. The smallest absolute Gasteiger partial charge is 0.161 e. The molecular formula is C76H104O24. The first-order valence-electron chi connectivity index (χ1n) is 31.0. The molecule has 4 aliphatic heterocycles. The molecule has 8 aromatic carbocycles. The first-order valence-corrected chi connectivity index (χ1v) is 31.0. The molecule has 0 radical (unpaired) electrons. The minimum Gasteiger partial charge on any atom is -0.508 e. The van der Waals surface area contributed by atoms with E-state index >= 15 is 0 Å². The highest BCUT2D eigenvalue weighted by Crippen LogP contribution is 2.48. The molecule has 4 heterocycles. The van der Waals surface area contributed by atoms with Crippen molar-refractivity contribution in [3.8, 4) is 115 Å². The van der Waals surface area contributed by atoms with Crippen LogP contribution in [0.1, 0.15) is 154 Å². The molecule has 0 amide bonds. The summed E-state index contributed by atoms with van der Waals surface area (Å²) in [5, 5.41) is 157. The summed E-state index contributed by atoms with van der Waals surface area (Å²) in [5.74, 6) is 1.38. The van der Waals surface area contributed by atoms with Gasteiger partial charge in [0.15, 0.2) is 46.0 Å². The molecule has 0 saturated heterocycles. The van der Waals surface area contributed by atoms with Crippen molar-refractivity contribution in [2.24, 2.45) is 0 Å². The van der Waals surface area contributed by atoms with Gasteiger partial charge in [-0.15, -0.1) is 0 Å². The van der Waals surface area contributed by atoms with Crippen LogP contribution >= 0.6 is 0 Å². The van der Waals surface area contributed by atoms with Crippen molar-refractivity contribution in [3.05, 3.63) is 166 Å². The van der Waals surface area contributed by atoms with E-state index in [2.05, 4.69) is 0 Å². The third kappa shape index (κ3) is 20.8. The summed E-state index contributed by atoms with van der Waals surface area (Å²) in [6.45, 7) is 16.0. The second-order valence-corrected chi connectivity index (χ2v) is 20.7. The van der Waals surface area contributed by atoms with Gasteiger partial charge in [-0.2, -0.15) is 0 Å². The molecule has 552 valence electrons. The first-order chi connectivity index (χ1) is 46.0. The monoisotopic (exact) mass is 1400 g/mol. The van der Waals surface area contributed by atoms with Crippen LogP contribution in [0.5, 0.6) is 115 Å². The van der Waals surface area contributed by atoms with Gasteiger partial charge in [0.25, 0.3) is 0 Å². The van der Waals surface area contributed by atoms with Crippen LogP contribution in [0.2, 0.25) is 0 Å². The normalized spacial score (nSPS) is 17.9. The number of phenolic OH excluding ortho intramolecular Hbond substituents is 12. The number of aromatic hydroxyl groups is 12. The number of aliphatic hydroxyl groups is 4. The number of ether oxygens (including phenoxy) is 8. The van der Waals surface area contributed by atoms with Crippen LogP contribution in [0.25, 0.3) is 0 Å². The van der Waals surface area contributed by atoms with E-state index in [4.69, 9.17) is 37.9 Å². The van der Waals surface area contributed by atoms with Crippen LogP contribution in [0.15, 0.2) is 121 Å². The molecule has 0 bridgehead atoms. The highest BCUT2D eigenvalue weighted by Gasteiger charge is 2.37. The van der Waals surface area contributed by atoms with Crippen molar-refractivity contribution in [2.45, 2.75) is 160 Å². The zero-order valence-corrected chi connectivity index (χ0v) is 55.4. The van der Waals surface area contributed by atoms with E-state index in [9.17, 15) is 81.7 Å². The molecule has 0 fully saturated rings. The first kappa shape index (κ1) is 87.6. The molecule has 0 aromatic heterocycles.